The van der Waals surface area contributed by atoms with Crippen molar-refractivity contribution in [2.24, 2.45) is 0 Å². The number of methoxy groups -OCH3 is 1. The van der Waals surface area contributed by atoms with E-state index in [0.717, 1.165) is 25.3 Å². The van der Waals surface area contributed by atoms with Gasteiger partial charge in [-0.15, -0.1) is 13.2 Å². The lowest BCUT2D eigenvalue weighted by Crippen LogP contribution is -2.17. The second-order valence-corrected chi connectivity index (χ2v) is 2.86. The van der Waals surface area contributed by atoms with Crippen molar-refractivity contribution in [1.29, 1.82) is 5.26 Å². The first-order chi connectivity index (χ1) is 7.87. The Labute approximate surface area is 94.2 Å². The van der Waals surface area contributed by atoms with Crippen molar-refractivity contribution in [3.8, 4) is 11.8 Å². The Morgan fingerprint density at radius 3 is 2.53 bits per heavy atom. The Hall–Kier alpha value is -2.23. The molecule has 0 N–H and O–H groups in total. The smallest absolute Gasteiger partial charge is 0.465 e. The molecule has 1 aromatic carbocycles. The maximum absolute atomic E-state index is 11.9. The zero-order valence-corrected chi connectivity index (χ0v) is 8.54. The first kappa shape index (κ1) is 12.8. The van der Waals surface area contributed by atoms with Crippen LogP contribution in [0, 0.1) is 11.3 Å². The molecule has 4 nitrogen and oxygen atoms in total. The van der Waals surface area contributed by atoms with Crippen LogP contribution in [-0.4, -0.2) is 19.4 Å². The van der Waals surface area contributed by atoms with E-state index >= 15 is 0 Å². The van der Waals surface area contributed by atoms with Gasteiger partial charge in [0.15, 0.2) is 0 Å². The van der Waals surface area contributed by atoms with Gasteiger partial charge in [-0.1, -0.05) is 0 Å². The zero-order chi connectivity index (χ0) is 13.1. The molecule has 0 aromatic heterocycles. The summed E-state index contributed by atoms with van der Waals surface area (Å²) in [6.07, 6.45) is -4.86. The van der Waals surface area contributed by atoms with Crippen LogP contribution in [0.15, 0.2) is 18.2 Å². The minimum atomic E-state index is -4.86. The third kappa shape index (κ3) is 3.38. The van der Waals surface area contributed by atoms with E-state index in [2.05, 4.69) is 9.47 Å². The van der Waals surface area contributed by atoms with Crippen molar-refractivity contribution in [3.63, 3.8) is 0 Å². The normalized spacial score (nSPS) is 10.5. The molecule has 1 aromatic rings. The Balaban J connectivity index is 3.15. The number of halogens is 3. The third-order valence-electron chi connectivity index (χ3n) is 1.75. The van der Waals surface area contributed by atoms with Gasteiger partial charge in [0.2, 0.25) is 0 Å². The maximum Gasteiger partial charge on any atom is 0.573 e. The Morgan fingerprint density at radius 1 is 1.41 bits per heavy atom. The van der Waals surface area contributed by atoms with E-state index < -0.39 is 18.1 Å². The number of nitriles is 1. The summed E-state index contributed by atoms with van der Waals surface area (Å²) >= 11 is 0. The molecule has 0 unspecified atom stereocenters. The Morgan fingerprint density at radius 2 is 2.06 bits per heavy atom. The molecule has 0 aliphatic heterocycles. The Kier molecular flexibility index (Phi) is 3.58. The van der Waals surface area contributed by atoms with E-state index in [1.54, 1.807) is 6.07 Å². The number of esters is 1. The first-order valence-electron chi connectivity index (χ1n) is 4.25. The summed E-state index contributed by atoms with van der Waals surface area (Å²) < 4.78 is 43.8. The second kappa shape index (κ2) is 4.74. The maximum atomic E-state index is 11.9. The first-order valence-corrected chi connectivity index (χ1v) is 4.25. The number of carbonyl (C=O) groups is 1. The van der Waals surface area contributed by atoms with Crippen LogP contribution in [0.3, 0.4) is 0 Å². The van der Waals surface area contributed by atoms with Gasteiger partial charge in [0.1, 0.15) is 11.8 Å². The fourth-order valence-corrected chi connectivity index (χ4v) is 1.10. The minimum Gasteiger partial charge on any atom is -0.465 e. The summed E-state index contributed by atoms with van der Waals surface area (Å²) in [5.74, 6) is -1.49. The van der Waals surface area contributed by atoms with Gasteiger partial charge in [-0.05, 0) is 18.2 Å². The number of nitrogens with zero attached hydrogens (tertiary/aromatic N) is 1. The number of alkyl halides is 3. The molecule has 1 rings (SSSR count). The molecule has 0 amide bonds. The van der Waals surface area contributed by atoms with E-state index in [-0.39, 0.29) is 11.1 Å². The fraction of sp³-hybridized carbons (Fsp3) is 0.200. The van der Waals surface area contributed by atoms with Crippen molar-refractivity contribution < 1.29 is 27.4 Å². The van der Waals surface area contributed by atoms with E-state index in [0.29, 0.717) is 0 Å². The van der Waals surface area contributed by atoms with Gasteiger partial charge in [0.05, 0.1) is 18.2 Å². The predicted octanol–water partition coefficient (Wildman–Crippen LogP) is 2.24. The van der Waals surface area contributed by atoms with Crippen molar-refractivity contribution >= 4 is 5.97 Å². The van der Waals surface area contributed by atoms with Crippen molar-refractivity contribution in [1.82, 2.24) is 0 Å². The van der Waals surface area contributed by atoms with E-state index in [4.69, 9.17) is 5.26 Å². The molecular weight excluding hydrogens is 239 g/mol. The van der Waals surface area contributed by atoms with Crippen LogP contribution in [0.25, 0.3) is 0 Å². The average Bonchev–Trinajstić information content (AvgIpc) is 2.25. The number of ether oxygens (including phenoxy) is 2. The summed E-state index contributed by atoms with van der Waals surface area (Å²) in [6.45, 7) is 0. The summed E-state index contributed by atoms with van der Waals surface area (Å²) in [5.41, 5.74) is -0.372. The summed E-state index contributed by atoms with van der Waals surface area (Å²) in [6, 6.07) is 4.46. The van der Waals surface area contributed by atoms with Gasteiger partial charge >= 0.3 is 12.3 Å². The number of benzene rings is 1. The molecule has 0 spiro atoms. The molecule has 0 fully saturated rings. The second-order valence-electron chi connectivity index (χ2n) is 2.86. The molecular formula is C10H6F3NO3. The molecule has 90 valence electrons. The topological polar surface area (TPSA) is 59.3 Å². The predicted molar refractivity (Wildman–Crippen MR) is 49.2 cm³/mol. The number of rotatable bonds is 2. The molecule has 17 heavy (non-hydrogen) atoms. The van der Waals surface area contributed by atoms with Crippen LogP contribution in [0.2, 0.25) is 0 Å². The highest BCUT2D eigenvalue weighted by Crippen LogP contribution is 2.25. The molecule has 7 heteroatoms. The van der Waals surface area contributed by atoms with Crippen molar-refractivity contribution in [2.45, 2.75) is 6.36 Å². The van der Waals surface area contributed by atoms with E-state index in [1.807, 2.05) is 0 Å². The van der Waals surface area contributed by atoms with Crippen LogP contribution in [0.5, 0.6) is 5.75 Å². The molecule has 0 aliphatic rings. The van der Waals surface area contributed by atoms with Gasteiger partial charge in [-0.2, -0.15) is 5.26 Å². The fourth-order valence-electron chi connectivity index (χ4n) is 1.10. The lowest BCUT2D eigenvalue weighted by Gasteiger charge is -2.10. The highest BCUT2D eigenvalue weighted by molar-refractivity contribution is 5.92. The van der Waals surface area contributed by atoms with Gasteiger partial charge in [0, 0.05) is 0 Å². The number of hydrogen-bond donors (Lipinski definition) is 0. The van der Waals surface area contributed by atoms with Gasteiger partial charge in [-0.3, -0.25) is 0 Å². The van der Waals surface area contributed by atoms with E-state index in [1.165, 1.54) is 0 Å². The monoisotopic (exact) mass is 245 g/mol. The summed E-state index contributed by atoms with van der Waals surface area (Å²) in [5, 5.41) is 8.67. The number of hydrogen-bond acceptors (Lipinski definition) is 4. The third-order valence-corrected chi connectivity index (χ3v) is 1.75. The Bertz CT molecular complexity index is 477. The molecule has 0 bridgehead atoms. The van der Waals surface area contributed by atoms with Crippen LogP contribution < -0.4 is 4.74 Å². The highest BCUT2D eigenvalue weighted by Gasteiger charge is 2.31. The van der Waals surface area contributed by atoms with Gasteiger partial charge < -0.3 is 9.47 Å². The average molecular weight is 245 g/mol. The molecule has 0 atom stereocenters. The van der Waals surface area contributed by atoms with E-state index in [9.17, 15) is 18.0 Å². The lowest BCUT2D eigenvalue weighted by atomic mass is 10.1. The van der Waals surface area contributed by atoms with Gasteiger partial charge in [-0.25, -0.2) is 4.79 Å². The molecule has 0 radical (unpaired) electrons. The van der Waals surface area contributed by atoms with Gasteiger partial charge in [0.25, 0.3) is 0 Å². The standard InChI is InChI=1S/C10H6F3NO3/c1-16-9(15)8-4-7(17-10(11,12)13)3-2-6(8)5-14/h2-4H,1H3. The SMILES string of the molecule is COC(=O)c1cc(OC(F)(F)F)ccc1C#N. The zero-order valence-electron chi connectivity index (χ0n) is 8.54. The molecule has 0 heterocycles. The van der Waals surface area contributed by atoms with Crippen LogP contribution >= 0.6 is 0 Å². The van der Waals surface area contributed by atoms with Crippen LogP contribution in [0.1, 0.15) is 15.9 Å². The molecule has 0 saturated heterocycles. The summed E-state index contributed by atoms with van der Waals surface area (Å²) in [4.78, 5) is 11.2. The lowest BCUT2D eigenvalue weighted by molar-refractivity contribution is -0.274. The quantitative estimate of drug-likeness (QED) is 0.749. The summed E-state index contributed by atoms with van der Waals surface area (Å²) in [7, 11) is 1.06. The van der Waals surface area contributed by atoms with Crippen molar-refractivity contribution in [3.05, 3.63) is 29.3 Å². The number of carbonyl (C=O) groups excluding carboxylic acids is 1. The largest absolute Gasteiger partial charge is 0.573 e. The van der Waals surface area contributed by atoms with Crippen LogP contribution in [0.4, 0.5) is 13.2 Å². The highest BCUT2D eigenvalue weighted by atomic mass is 19.4. The molecule has 0 aliphatic carbocycles. The minimum absolute atomic E-state index is 0.0913. The van der Waals surface area contributed by atoms with Crippen molar-refractivity contribution in [2.75, 3.05) is 7.11 Å². The molecule has 0 saturated carbocycles. The van der Waals surface area contributed by atoms with Crippen LogP contribution in [-0.2, 0) is 4.74 Å².